The molecule has 3 aromatic rings. The molecule has 0 radical (unpaired) electrons. The van der Waals surface area contributed by atoms with Crippen LogP contribution in [0.15, 0.2) is 54.6 Å². The fraction of sp³-hybridized carbons (Fsp3) is 0.176. The number of rotatable bonds is 6. The van der Waals surface area contributed by atoms with Crippen molar-refractivity contribution in [2.45, 2.75) is 12.3 Å². The number of para-hydroxylation sites is 3. The molecule has 5 nitrogen and oxygen atoms in total. The van der Waals surface area contributed by atoms with Crippen molar-refractivity contribution in [1.82, 2.24) is 9.97 Å². The summed E-state index contributed by atoms with van der Waals surface area (Å²) in [5, 5.41) is 12.4. The molecule has 3 N–H and O–H groups in total. The van der Waals surface area contributed by atoms with Crippen molar-refractivity contribution in [3.8, 4) is 0 Å². The monoisotopic (exact) mass is 295 g/mol. The van der Waals surface area contributed by atoms with E-state index in [0.717, 1.165) is 16.7 Å². The zero-order valence-electron chi connectivity index (χ0n) is 12.0. The molecule has 3 rings (SSSR count). The maximum Gasteiger partial charge on any atom is 0.304 e. The lowest BCUT2D eigenvalue weighted by Crippen LogP contribution is -2.17. The molecule has 0 saturated heterocycles. The van der Waals surface area contributed by atoms with Crippen LogP contribution in [0.1, 0.15) is 18.2 Å². The van der Waals surface area contributed by atoms with Crippen LogP contribution >= 0.6 is 0 Å². The molecule has 0 bridgehead atoms. The van der Waals surface area contributed by atoms with Crippen molar-refractivity contribution >= 4 is 22.7 Å². The van der Waals surface area contributed by atoms with E-state index >= 15 is 0 Å². The van der Waals surface area contributed by atoms with E-state index in [0.29, 0.717) is 12.4 Å². The summed E-state index contributed by atoms with van der Waals surface area (Å²) in [5.41, 5.74) is 2.74. The lowest BCUT2D eigenvalue weighted by Gasteiger charge is -2.14. The van der Waals surface area contributed by atoms with E-state index in [1.165, 1.54) is 0 Å². The number of anilines is 1. The van der Waals surface area contributed by atoms with Crippen LogP contribution in [-0.4, -0.2) is 27.6 Å². The Morgan fingerprint density at radius 3 is 2.59 bits per heavy atom. The molecule has 2 aromatic carbocycles. The number of benzene rings is 2. The molecule has 1 aromatic heterocycles. The summed E-state index contributed by atoms with van der Waals surface area (Å²) in [7, 11) is 0. The third-order valence-corrected chi connectivity index (χ3v) is 3.54. The van der Waals surface area contributed by atoms with Gasteiger partial charge in [-0.3, -0.25) is 4.79 Å². The lowest BCUT2D eigenvalue weighted by molar-refractivity contribution is -0.137. The molecule has 0 aliphatic heterocycles. The van der Waals surface area contributed by atoms with Crippen molar-refractivity contribution in [3.63, 3.8) is 0 Å². The molecule has 1 atom stereocenters. The highest BCUT2D eigenvalue weighted by Gasteiger charge is 2.19. The minimum Gasteiger partial charge on any atom is -0.481 e. The van der Waals surface area contributed by atoms with Gasteiger partial charge in [0, 0.05) is 18.2 Å². The number of nitrogens with zero attached hydrogens (tertiary/aromatic N) is 1. The van der Waals surface area contributed by atoms with Crippen molar-refractivity contribution in [3.05, 3.63) is 60.4 Å². The molecular formula is C17H17N3O2. The van der Waals surface area contributed by atoms with Crippen LogP contribution in [0.5, 0.6) is 0 Å². The van der Waals surface area contributed by atoms with Gasteiger partial charge in [-0.05, 0) is 24.3 Å². The quantitative estimate of drug-likeness (QED) is 0.652. The van der Waals surface area contributed by atoms with Crippen LogP contribution in [0, 0.1) is 0 Å². The zero-order valence-corrected chi connectivity index (χ0v) is 12.0. The Labute approximate surface area is 128 Å². The van der Waals surface area contributed by atoms with Crippen LogP contribution < -0.4 is 5.32 Å². The van der Waals surface area contributed by atoms with Crippen LogP contribution in [-0.2, 0) is 4.79 Å². The molecular weight excluding hydrogens is 278 g/mol. The van der Waals surface area contributed by atoms with Gasteiger partial charge >= 0.3 is 5.97 Å². The molecule has 0 unspecified atom stereocenters. The first-order valence-electron chi connectivity index (χ1n) is 7.18. The van der Waals surface area contributed by atoms with Gasteiger partial charge in [-0.2, -0.15) is 0 Å². The number of H-pyrrole nitrogens is 1. The van der Waals surface area contributed by atoms with Gasteiger partial charge in [-0.1, -0.05) is 30.3 Å². The Balaban J connectivity index is 1.81. The number of aromatic nitrogens is 2. The number of carboxylic acids is 1. The van der Waals surface area contributed by atoms with E-state index in [9.17, 15) is 4.79 Å². The van der Waals surface area contributed by atoms with Crippen LogP contribution in [0.25, 0.3) is 11.0 Å². The van der Waals surface area contributed by atoms with Gasteiger partial charge in [0.2, 0.25) is 0 Å². The summed E-state index contributed by atoms with van der Waals surface area (Å²) in [5.74, 6) is -0.350. The maximum atomic E-state index is 11.1. The number of carbonyl (C=O) groups is 1. The summed E-state index contributed by atoms with van der Waals surface area (Å²) in [6.07, 6.45) is 0.0274. The molecule has 112 valence electrons. The molecule has 0 aliphatic rings. The lowest BCUT2D eigenvalue weighted by atomic mass is 10.0. The number of aliphatic carboxylic acids is 1. The molecule has 1 heterocycles. The average Bonchev–Trinajstić information content (AvgIpc) is 2.96. The van der Waals surface area contributed by atoms with Crippen molar-refractivity contribution in [2.24, 2.45) is 0 Å². The molecule has 0 aliphatic carbocycles. The first kappa shape index (κ1) is 14.1. The number of aromatic amines is 1. The Hall–Kier alpha value is -2.82. The standard InChI is InChI=1S/C17H17N3O2/c21-16(22)10-12(11-18-13-6-2-1-3-7-13)17-19-14-8-4-5-9-15(14)20-17/h1-9,12,18H,10-11H2,(H,19,20)(H,21,22)/t12-/m0/s1. The van der Waals surface area contributed by atoms with E-state index in [-0.39, 0.29) is 12.3 Å². The average molecular weight is 295 g/mol. The normalized spacial score (nSPS) is 12.2. The van der Waals surface area contributed by atoms with Gasteiger partial charge < -0.3 is 15.4 Å². The summed E-state index contributed by atoms with van der Waals surface area (Å²) in [4.78, 5) is 18.9. The Morgan fingerprint density at radius 1 is 1.14 bits per heavy atom. The number of imidazole rings is 1. The molecule has 0 saturated carbocycles. The summed E-state index contributed by atoms with van der Waals surface area (Å²) in [6.45, 7) is 0.510. The predicted molar refractivity (Wildman–Crippen MR) is 86.0 cm³/mol. The van der Waals surface area contributed by atoms with Gasteiger partial charge in [0.15, 0.2) is 0 Å². The van der Waals surface area contributed by atoms with Crippen molar-refractivity contribution in [1.29, 1.82) is 0 Å². The highest BCUT2D eigenvalue weighted by Crippen LogP contribution is 2.21. The fourth-order valence-corrected chi connectivity index (χ4v) is 2.44. The number of hydrogen-bond acceptors (Lipinski definition) is 3. The minimum atomic E-state index is -0.833. The van der Waals surface area contributed by atoms with E-state index in [4.69, 9.17) is 5.11 Å². The Morgan fingerprint density at radius 2 is 1.86 bits per heavy atom. The smallest absolute Gasteiger partial charge is 0.304 e. The highest BCUT2D eigenvalue weighted by molar-refractivity contribution is 5.75. The highest BCUT2D eigenvalue weighted by atomic mass is 16.4. The Kier molecular flexibility index (Phi) is 4.05. The second-order valence-corrected chi connectivity index (χ2v) is 5.18. The van der Waals surface area contributed by atoms with Crippen LogP contribution in [0.2, 0.25) is 0 Å². The molecule has 5 heteroatoms. The van der Waals surface area contributed by atoms with E-state index in [1.807, 2.05) is 54.6 Å². The third-order valence-electron chi connectivity index (χ3n) is 3.54. The summed E-state index contributed by atoms with van der Waals surface area (Å²) in [6, 6.07) is 17.4. The molecule has 0 spiro atoms. The third kappa shape index (κ3) is 3.25. The molecule has 0 fully saturated rings. The second-order valence-electron chi connectivity index (χ2n) is 5.18. The number of nitrogens with one attached hydrogen (secondary N) is 2. The topological polar surface area (TPSA) is 78.0 Å². The van der Waals surface area contributed by atoms with Crippen LogP contribution in [0.4, 0.5) is 5.69 Å². The first-order chi connectivity index (χ1) is 10.7. The minimum absolute atomic E-state index is 0.0274. The van der Waals surface area contributed by atoms with Gasteiger partial charge in [0.25, 0.3) is 0 Å². The molecule has 22 heavy (non-hydrogen) atoms. The number of carboxylic acid groups (broad SMARTS) is 1. The van der Waals surface area contributed by atoms with Gasteiger partial charge in [0.05, 0.1) is 17.5 Å². The first-order valence-corrected chi connectivity index (χ1v) is 7.18. The van der Waals surface area contributed by atoms with Crippen molar-refractivity contribution in [2.75, 3.05) is 11.9 Å². The molecule has 0 amide bonds. The van der Waals surface area contributed by atoms with Crippen molar-refractivity contribution < 1.29 is 9.90 Å². The summed E-state index contributed by atoms with van der Waals surface area (Å²) < 4.78 is 0. The largest absolute Gasteiger partial charge is 0.481 e. The van der Waals surface area contributed by atoms with E-state index < -0.39 is 5.97 Å². The number of hydrogen-bond donors (Lipinski definition) is 3. The summed E-state index contributed by atoms with van der Waals surface area (Å²) >= 11 is 0. The van der Waals surface area contributed by atoms with Gasteiger partial charge in [-0.25, -0.2) is 4.98 Å². The van der Waals surface area contributed by atoms with Crippen LogP contribution in [0.3, 0.4) is 0 Å². The fourth-order valence-electron chi connectivity index (χ4n) is 2.44. The predicted octanol–water partition coefficient (Wildman–Crippen LogP) is 3.23. The van der Waals surface area contributed by atoms with E-state index in [1.54, 1.807) is 0 Å². The van der Waals surface area contributed by atoms with Gasteiger partial charge in [-0.15, -0.1) is 0 Å². The van der Waals surface area contributed by atoms with Gasteiger partial charge in [0.1, 0.15) is 5.82 Å². The second kappa shape index (κ2) is 6.30. The SMILES string of the molecule is O=C(O)C[C@@H](CNc1ccccc1)c1nc2ccccc2[nH]1. The number of fused-ring (bicyclic) bond motifs is 1. The zero-order chi connectivity index (χ0) is 15.4. The maximum absolute atomic E-state index is 11.1. The van der Waals surface area contributed by atoms with E-state index in [2.05, 4.69) is 15.3 Å². The Bertz CT molecular complexity index is 735.